The van der Waals surface area contributed by atoms with Crippen LogP contribution in [0.1, 0.15) is 39.0 Å². The Balaban J connectivity index is 1.61. The molecule has 6 heteroatoms. The van der Waals surface area contributed by atoms with E-state index in [1.807, 2.05) is 24.3 Å². The van der Waals surface area contributed by atoms with Crippen molar-refractivity contribution in [2.75, 3.05) is 22.3 Å². The van der Waals surface area contributed by atoms with Crippen LogP contribution >= 0.6 is 0 Å². The van der Waals surface area contributed by atoms with Crippen LogP contribution in [0.25, 0.3) is 0 Å². The molecule has 0 aromatic heterocycles. The lowest BCUT2D eigenvalue weighted by Crippen LogP contribution is -2.38. The highest BCUT2D eigenvalue weighted by molar-refractivity contribution is 7.92. The third-order valence-electron chi connectivity index (χ3n) is 5.08. The number of nitrogens with one attached hydrogen (secondary N) is 3. The van der Waals surface area contributed by atoms with E-state index in [9.17, 15) is 8.42 Å². The number of benzene rings is 1. The van der Waals surface area contributed by atoms with Crippen LogP contribution in [0.15, 0.2) is 24.3 Å². The van der Waals surface area contributed by atoms with E-state index in [1.54, 1.807) is 6.92 Å². The summed E-state index contributed by atoms with van der Waals surface area (Å²) in [6, 6.07) is 8.76. The van der Waals surface area contributed by atoms with Gasteiger partial charge in [0, 0.05) is 23.5 Å². The Kier molecular flexibility index (Phi) is 5.11. The first-order valence-corrected chi connectivity index (χ1v) is 10.3. The van der Waals surface area contributed by atoms with E-state index in [-0.39, 0.29) is 5.75 Å². The van der Waals surface area contributed by atoms with Crippen molar-refractivity contribution >= 4 is 21.4 Å². The van der Waals surface area contributed by atoms with Gasteiger partial charge in [0.25, 0.3) is 0 Å². The van der Waals surface area contributed by atoms with E-state index in [1.165, 1.54) is 32.1 Å². The fourth-order valence-corrected chi connectivity index (χ4v) is 4.47. The van der Waals surface area contributed by atoms with Gasteiger partial charge in [-0.05, 0) is 69.3 Å². The maximum atomic E-state index is 11.6. The number of rotatable bonds is 6. The van der Waals surface area contributed by atoms with Gasteiger partial charge in [-0.1, -0.05) is 6.42 Å². The molecule has 1 aromatic rings. The highest BCUT2D eigenvalue weighted by Gasteiger charge is 2.34. The van der Waals surface area contributed by atoms with Gasteiger partial charge in [0.05, 0.1) is 5.75 Å². The molecule has 1 aliphatic heterocycles. The van der Waals surface area contributed by atoms with Gasteiger partial charge in [-0.25, -0.2) is 8.42 Å². The van der Waals surface area contributed by atoms with Crippen LogP contribution < -0.4 is 15.4 Å². The van der Waals surface area contributed by atoms with Crippen molar-refractivity contribution in [3.8, 4) is 0 Å². The van der Waals surface area contributed by atoms with Gasteiger partial charge in [0.1, 0.15) is 0 Å². The molecular formula is C17H27N3O2S. The molecule has 2 aliphatic rings. The van der Waals surface area contributed by atoms with Crippen LogP contribution in [0.5, 0.6) is 0 Å². The third kappa shape index (κ3) is 4.18. The zero-order valence-electron chi connectivity index (χ0n) is 13.7. The first kappa shape index (κ1) is 16.6. The molecule has 1 aromatic carbocycles. The lowest BCUT2D eigenvalue weighted by molar-refractivity contribution is 0.376. The Labute approximate surface area is 139 Å². The van der Waals surface area contributed by atoms with Crippen LogP contribution in [0.4, 0.5) is 11.4 Å². The monoisotopic (exact) mass is 337 g/mol. The molecule has 0 bridgehead atoms. The standard InChI is InChI=1S/C17H27N3O2S/c1-2-23(21,22)20-14-10-8-13(9-11-14)19-17-6-3-5-15(17)16-7-4-12-18-16/h8-11,15-20H,2-7,12H2,1H3. The molecule has 3 atom stereocenters. The van der Waals surface area contributed by atoms with E-state index in [2.05, 4.69) is 15.4 Å². The van der Waals surface area contributed by atoms with Crippen molar-refractivity contribution in [3.63, 3.8) is 0 Å². The van der Waals surface area contributed by atoms with Crippen molar-refractivity contribution in [2.24, 2.45) is 5.92 Å². The summed E-state index contributed by atoms with van der Waals surface area (Å²) in [6.45, 7) is 2.79. The van der Waals surface area contributed by atoms with Crippen molar-refractivity contribution in [3.05, 3.63) is 24.3 Å². The normalized spacial score (nSPS) is 28.0. The van der Waals surface area contributed by atoms with Crippen molar-refractivity contribution in [1.29, 1.82) is 0 Å². The predicted octanol–water partition coefficient (Wildman–Crippen LogP) is 2.78. The number of hydrogen-bond donors (Lipinski definition) is 3. The third-order valence-corrected chi connectivity index (χ3v) is 6.38. The minimum absolute atomic E-state index is 0.0884. The quantitative estimate of drug-likeness (QED) is 0.746. The Hall–Kier alpha value is -1.27. The zero-order valence-corrected chi connectivity index (χ0v) is 14.5. The SMILES string of the molecule is CCS(=O)(=O)Nc1ccc(NC2CCCC2C2CCCN2)cc1. The molecule has 23 heavy (non-hydrogen) atoms. The number of hydrogen-bond acceptors (Lipinski definition) is 4. The van der Waals surface area contributed by atoms with Gasteiger partial charge >= 0.3 is 0 Å². The zero-order chi connectivity index (χ0) is 16.3. The minimum Gasteiger partial charge on any atom is -0.382 e. The van der Waals surface area contributed by atoms with Gasteiger partial charge in [0.15, 0.2) is 0 Å². The molecule has 1 saturated carbocycles. The first-order chi connectivity index (χ1) is 11.1. The average Bonchev–Trinajstić information content (AvgIpc) is 3.20. The molecule has 1 heterocycles. The van der Waals surface area contributed by atoms with E-state index in [4.69, 9.17) is 0 Å². The fraction of sp³-hybridized carbons (Fsp3) is 0.647. The largest absolute Gasteiger partial charge is 0.382 e. The number of sulfonamides is 1. The summed E-state index contributed by atoms with van der Waals surface area (Å²) in [4.78, 5) is 0. The lowest BCUT2D eigenvalue weighted by Gasteiger charge is -2.27. The number of anilines is 2. The summed E-state index contributed by atoms with van der Waals surface area (Å²) in [5, 5.41) is 7.29. The summed E-state index contributed by atoms with van der Waals surface area (Å²) >= 11 is 0. The Bertz CT molecular complexity index is 609. The van der Waals surface area contributed by atoms with Crippen LogP contribution in [-0.4, -0.2) is 32.8 Å². The van der Waals surface area contributed by atoms with Gasteiger partial charge in [-0.15, -0.1) is 0 Å². The molecule has 2 fully saturated rings. The van der Waals surface area contributed by atoms with E-state index >= 15 is 0 Å². The molecule has 0 radical (unpaired) electrons. The minimum atomic E-state index is -3.21. The highest BCUT2D eigenvalue weighted by atomic mass is 32.2. The van der Waals surface area contributed by atoms with Gasteiger partial charge in [0.2, 0.25) is 10.0 Å². The predicted molar refractivity (Wildman–Crippen MR) is 95.3 cm³/mol. The van der Waals surface area contributed by atoms with Gasteiger partial charge in [-0.3, -0.25) is 4.72 Å². The molecule has 5 nitrogen and oxygen atoms in total. The van der Waals surface area contributed by atoms with Crippen molar-refractivity contribution in [2.45, 2.75) is 51.1 Å². The lowest BCUT2D eigenvalue weighted by atomic mass is 9.93. The molecule has 3 N–H and O–H groups in total. The molecule has 1 saturated heterocycles. The molecule has 3 unspecified atom stereocenters. The summed E-state index contributed by atoms with van der Waals surface area (Å²) < 4.78 is 25.8. The molecule has 128 valence electrons. The fourth-order valence-electron chi connectivity index (χ4n) is 3.83. The highest BCUT2D eigenvalue weighted by Crippen LogP contribution is 2.34. The van der Waals surface area contributed by atoms with Crippen LogP contribution in [0.2, 0.25) is 0 Å². The molecular weight excluding hydrogens is 310 g/mol. The Morgan fingerprint density at radius 3 is 2.48 bits per heavy atom. The summed E-state index contributed by atoms with van der Waals surface area (Å²) in [5.74, 6) is 0.793. The Morgan fingerprint density at radius 1 is 1.09 bits per heavy atom. The van der Waals surface area contributed by atoms with Crippen LogP contribution in [0.3, 0.4) is 0 Å². The van der Waals surface area contributed by atoms with E-state index < -0.39 is 10.0 Å². The molecule has 0 spiro atoms. The van der Waals surface area contributed by atoms with Crippen molar-refractivity contribution < 1.29 is 8.42 Å². The maximum Gasteiger partial charge on any atom is 0.232 e. The summed E-state index contributed by atoms with van der Waals surface area (Å²) in [7, 11) is -3.21. The summed E-state index contributed by atoms with van der Waals surface area (Å²) in [6.07, 6.45) is 6.38. The first-order valence-electron chi connectivity index (χ1n) is 8.68. The maximum absolute atomic E-state index is 11.6. The molecule has 1 aliphatic carbocycles. The molecule has 0 amide bonds. The van der Waals surface area contributed by atoms with Crippen molar-refractivity contribution in [1.82, 2.24) is 5.32 Å². The second-order valence-electron chi connectivity index (χ2n) is 6.63. The van der Waals surface area contributed by atoms with Gasteiger partial charge < -0.3 is 10.6 Å². The van der Waals surface area contributed by atoms with Crippen LogP contribution in [0, 0.1) is 5.92 Å². The van der Waals surface area contributed by atoms with Crippen LogP contribution in [-0.2, 0) is 10.0 Å². The van der Waals surface area contributed by atoms with E-state index in [0.29, 0.717) is 23.7 Å². The average molecular weight is 337 g/mol. The summed E-state index contributed by atoms with van der Waals surface area (Å²) in [5.41, 5.74) is 1.69. The van der Waals surface area contributed by atoms with Gasteiger partial charge in [-0.2, -0.15) is 0 Å². The smallest absolute Gasteiger partial charge is 0.232 e. The topological polar surface area (TPSA) is 70.2 Å². The molecule has 3 rings (SSSR count). The Morgan fingerprint density at radius 2 is 1.83 bits per heavy atom. The second kappa shape index (κ2) is 7.09. The van der Waals surface area contributed by atoms with E-state index in [0.717, 1.165) is 12.2 Å². The second-order valence-corrected chi connectivity index (χ2v) is 8.64.